The summed E-state index contributed by atoms with van der Waals surface area (Å²) < 4.78 is 0. The second-order valence-electron chi connectivity index (χ2n) is 8.00. The highest BCUT2D eigenvalue weighted by molar-refractivity contribution is 7.98. The molecule has 0 bridgehead atoms. The maximum Gasteiger partial charge on any atom is 0.326 e. The molecule has 0 aliphatic rings. The number of aromatic amines is 1. The Kier molecular flexibility index (Phi) is 11.8. The van der Waals surface area contributed by atoms with Gasteiger partial charge in [0.2, 0.25) is 17.7 Å². The molecule has 1 aromatic heterocycles. The van der Waals surface area contributed by atoms with Gasteiger partial charge in [0.25, 0.3) is 0 Å². The number of amides is 3. The van der Waals surface area contributed by atoms with Gasteiger partial charge in [0.1, 0.15) is 18.1 Å². The molecule has 12 heteroatoms. The fraction of sp³-hybridized carbons (Fsp3) is 0.650. The van der Waals surface area contributed by atoms with E-state index in [-0.39, 0.29) is 18.8 Å². The third-order valence-electron chi connectivity index (χ3n) is 4.59. The predicted molar refractivity (Wildman–Crippen MR) is 122 cm³/mol. The number of rotatable bonds is 14. The van der Waals surface area contributed by atoms with Crippen LogP contribution < -0.4 is 21.7 Å². The number of nitrogens with two attached hydrogens (primary N) is 1. The summed E-state index contributed by atoms with van der Waals surface area (Å²) in [5.74, 6) is -2.19. The van der Waals surface area contributed by atoms with Crippen LogP contribution in [0.1, 0.15) is 39.3 Å². The molecular formula is C20H34N6O5S. The van der Waals surface area contributed by atoms with Crippen molar-refractivity contribution in [2.75, 3.05) is 12.0 Å². The lowest BCUT2D eigenvalue weighted by Crippen LogP contribution is -2.57. The van der Waals surface area contributed by atoms with Crippen molar-refractivity contribution in [2.45, 2.75) is 64.2 Å². The molecule has 0 saturated carbocycles. The van der Waals surface area contributed by atoms with Gasteiger partial charge in [0.05, 0.1) is 12.4 Å². The van der Waals surface area contributed by atoms with Crippen LogP contribution in [0.4, 0.5) is 0 Å². The highest BCUT2D eigenvalue weighted by atomic mass is 32.2. The molecule has 0 saturated heterocycles. The van der Waals surface area contributed by atoms with Gasteiger partial charge in [-0.05, 0) is 37.7 Å². The van der Waals surface area contributed by atoms with Gasteiger partial charge in [0.15, 0.2) is 0 Å². The maximum atomic E-state index is 13.0. The molecule has 11 nitrogen and oxygen atoms in total. The summed E-state index contributed by atoms with van der Waals surface area (Å²) in [5, 5.41) is 17.2. The van der Waals surface area contributed by atoms with Gasteiger partial charge in [-0.15, -0.1) is 0 Å². The van der Waals surface area contributed by atoms with Crippen molar-refractivity contribution in [3.63, 3.8) is 0 Å². The average Bonchev–Trinajstić information content (AvgIpc) is 3.22. The molecule has 32 heavy (non-hydrogen) atoms. The van der Waals surface area contributed by atoms with E-state index in [1.54, 1.807) is 0 Å². The number of thioether (sulfide) groups is 1. The van der Waals surface area contributed by atoms with E-state index in [0.29, 0.717) is 17.9 Å². The van der Waals surface area contributed by atoms with Crippen molar-refractivity contribution in [3.8, 4) is 0 Å². The average molecular weight is 471 g/mol. The summed E-state index contributed by atoms with van der Waals surface area (Å²) >= 11 is 1.47. The number of carboxylic acid groups (broad SMARTS) is 1. The quantitative estimate of drug-likeness (QED) is 0.213. The fourth-order valence-corrected chi connectivity index (χ4v) is 3.34. The lowest BCUT2D eigenvalue weighted by Gasteiger charge is -2.25. The van der Waals surface area contributed by atoms with E-state index in [1.165, 1.54) is 31.2 Å². The van der Waals surface area contributed by atoms with Crippen LogP contribution in [-0.2, 0) is 25.6 Å². The minimum atomic E-state index is -1.15. The van der Waals surface area contributed by atoms with Crippen LogP contribution in [0.3, 0.4) is 0 Å². The van der Waals surface area contributed by atoms with Crippen molar-refractivity contribution in [3.05, 3.63) is 18.2 Å². The van der Waals surface area contributed by atoms with Crippen LogP contribution in [0, 0.1) is 5.92 Å². The van der Waals surface area contributed by atoms with Gasteiger partial charge in [-0.3, -0.25) is 14.4 Å². The molecule has 0 radical (unpaired) electrons. The zero-order chi connectivity index (χ0) is 24.3. The summed E-state index contributed by atoms with van der Waals surface area (Å²) in [4.78, 5) is 56.3. The summed E-state index contributed by atoms with van der Waals surface area (Å²) in [5.41, 5.74) is 6.19. The Morgan fingerprint density at radius 3 is 2.16 bits per heavy atom. The molecule has 180 valence electrons. The van der Waals surface area contributed by atoms with Crippen molar-refractivity contribution < 1.29 is 24.3 Å². The minimum Gasteiger partial charge on any atom is -0.480 e. The first-order valence-electron chi connectivity index (χ1n) is 10.4. The second kappa shape index (κ2) is 13.7. The molecule has 1 heterocycles. The normalized spacial score (nSPS) is 14.8. The zero-order valence-electron chi connectivity index (χ0n) is 18.9. The number of carbonyl (C=O) groups is 4. The van der Waals surface area contributed by atoms with Gasteiger partial charge < -0.3 is 31.8 Å². The standard InChI is InChI=1S/C20H34N6O5S/c1-11(2)7-15(25-17(27)12(3)21)18(28)26-16(8-13-9-22-10-23-13)19(29)24-14(20(30)31)5-6-32-4/h9-12,14-16H,5-8,21H2,1-4H3,(H,22,23)(H,24,29)(H,25,27)(H,26,28)(H,30,31). The van der Waals surface area contributed by atoms with Crippen molar-refractivity contribution >= 4 is 35.5 Å². The molecule has 0 aromatic carbocycles. The topological polar surface area (TPSA) is 179 Å². The van der Waals surface area contributed by atoms with E-state index < -0.39 is 47.9 Å². The first kappa shape index (κ1) is 27.4. The third-order valence-corrected chi connectivity index (χ3v) is 5.23. The fourth-order valence-electron chi connectivity index (χ4n) is 2.87. The molecule has 3 amide bonds. The number of hydrogen-bond donors (Lipinski definition) is 6. The van der Waals surface area contributed by atoms with Crippen LogP contribution in [0.2, 0.25) is 0 Å². The lowest BCUT2D eigenvalue weighted by atomic mass is 10.0. The summed E-state index contributed by atoms with van der Waals surface area (Å²) in [7, 11) is 0. The Hall–Kier alpha value is -2.60. The Morgan fingerprint density at radius 2 is 1.66 bits per heavy atom. The SMILES string of the molecule is CSCCC(NC(=O)C(Cc1cnc[nH]1)NC(=O)C(CC(C)C)NC(=O)C(C)N)C(=O)O. The van der Waals surface area contributed by atoms with Crippen LogP contribution in [0.5, 0.6) is 0 Å². The number of aliphatic carboxylic acids is 1. The van der Waals surface area contributed by atoms with Crippen LogP contribution in [0.25, 0.3) is 0 Å². The summed E-state index contributed by atoms with van der Waals surface area (Å²) in [6, 6.07) is -3.84. The molecule has 7 N–H and O–H groups in total. The van der Waals surface area contributed by atoms with Crippen molar-refractivity contribution in [2.24, 2.45) is 11.7 Å². The predicted octanol–water partition coefficient (Wildman–Crippen LogP) is -0.362. The molecule has 4 atom stereocenters. The molecule has 0 spiro atoms. The van der Waals surface area contributed by atoms with Gasteiger partial charge in [-0.2, -0.15) is 11.8 Å². The van der Waals surface area contributed by atoms with E-state index in [2.05, 4.69) is 25.9 Å². The van der Waals surface area contributed by atoms with Crippen LogP contribution >= 0.6 is 11.8 Å². The largest absolute Gasteiger partial charge is 0.480 e. The monoisotopic (exact) mass is 470 g/mol. The summed E-state index contributed by atoms with van der Waals surface area (Å²) in [6.45, 7) is 5.31. The third kappa shape index (κ3) is 9.69. The molecule has 1 aromatic rings. The zero-order valence-corrected chi connectivity index (χ0v) is 19.7. The van der Waals surface area contributed by atoms with E-state index >= 15 is 0 Å². The molecular weight excluding hydrogens is 436 g/mol. The highest BCUT2D eigenvalue weighted by Gasteiger charge is 2.30. The van der Waals surface area contributed by atoms with Gasteiger partial charge in [-0.1, -0.05) is 13.8 Å². The summed E-state index contributed by atoms with van der Waals surface area (Å²) in [6.07, 6.45) is 5.45. The van der Waals surface area contributed by atoms with Gasteiger partial charge in [-0.25, -0.2) is 9.78 Å². The Morgan fingerprint density at radius 1 is 1.06 bits per heavy atom. The number of hydrogen-bond acceptors (Lipinski definition) is 7. The van der Waals surface area contributed by atoms with E-state index in [0.717, 1.165) is 0 Å². The number of carboxylic acids is 1. The Bertz CT molecular complexity index is 756. The molecule has 0 aliphatic heterocycles. The lowest BCUT2D eigenvalue weighted by molar-refractivity contribution is -0.142. The van der Waals surface area contributed by atoms with Crippen molar-refractivity contribution in [1.82, 2.24) is 25.9 Å². The molecule has 0 fully saturated rings. The van der Waals surface area contributed by atoms with Crippen LogP contribution in [0.15, 0.2) is 12.5 Å². The molecule has 4 unspecified atom stereocenters. The number of carbonyl (C=O) groups excluding carboxylic acids is 3. The Balaban J connectivity index is 3.02. The first-order chi connectivity index (χ1) is 15.0. The van der Waals surface area contributed by atoms with Gasteiger partial charge >= 0.3 is 5.97 Å². The van der Waals surface area contributed by atoms with E-state index in [4.69, 9.17) is 5.73 Å². The van der Waals surface area contributed by atoms with Crippen molar-refractivity contribution in [1.29, 1.82) is 0 Å². The number of H-pyrrole nitrogens is 1. The maximum absolute atomic E-state index is 13.0. The smallest absolute Gasteiger partial charge is 0.326 e. The van der Waals surface area contributed by atoms with E-state index in [9.17, 15) is 24.3 Å². The molecule has 0 aliphatic carbocycles. The van der Waals surface area contributed by atoms with E-state index in [1.807, 2.05) is 20.1 Å². The molecule has 1 rings (SSSR count). The number of nitrogens with zero attached hydrogens (tertiary/aromatic N) is 1. The number of aromatic nitrogens is 2. The Labute approximate surface area is 192 Å². The highest BCUT2D eigenvalue weighted by Crippen LogP contribution is 2.08. The second-order valence-corrected chi connectivity index (χ2v) is 8.99. The first-order valence-corrected chi connectivity index (χ1v) is 11.8. The van der Waals surface area contributed by atoms with Gasteiger partial charge in [0, 0.05) is 18.3 Å². The van der Waals surface area contributed by atoms with Crippen LogP contribution in [-0.4, -0.2) is 74.9 Å². The minimum absolute atomic E-state index is 0.0715. The number of imidazole rings is 1. The number of nitrogens with one attached hydrogen (secondary N) is 4.